The maximum Gasteiger partial charge on any atom is 0.263 e. The Morgan fingerprint density at radius 3 is 2.27 bits per heavy atom. The molecular weight excluding hydrogens is 280 g/mol. The van der Waals surface area contributed by atoms with Crippen LogP contribution >= 0.6 is 0 Å². The van der Waals surface area contributed by atoms with Gasteiger partial charge in [0.25, 0.3) is 5.91 Å². The SMILES string of the molecule is Cc1ccc(O[C@@H](C)C(=O)N(C)CC(=O)NC(C)(C)C)cc1. The van der Waals surface area contributed by atoms with Gasteiger partial charge in [0, 0.05) is 12.6 Å². The number of carbonyl (C=O) groups excluding carboxylic acids is 2. The molecule has 0 fully saturated rings. The fourth-order valence-corrected chi connectivity index (χ4v) is 1.93. The average Bonchev–Trinajstić information content (AvgIpc) is 2.38. The van der Waals surface area contributed by atoms with Gasteiger partial charge in [-0.15, -0.1) is 0 Å². The van der Waals surface area contributed by atoms with E-state index in [9.17, 15) is 9.59 Å². The molecule has 1 aromatic carbocycles. The maximum atomic E-state index is 12.2. The van der Waals surface area contributed by atoms with E-state index in [1.807, 2.05) is 52.0 Å². The number of nitrogens with zero attached hydrogens (tertiary/aromatic N) is 1. The molecule has 22 heavy (non-hydrogen) atoms. The Labute approximate surface area is 132 Å². The van der Waals surface area contributed by atoms with Crippen LogP contribution < -0.4 is 10.1 Å². The smallest absolute Gasteiger partial charge is 0.263 e. The van der Waals surface area contributed by atoms with E-state index < -0.39 is 6.10 Å². The highest BCUT2D eigenvalue weighted by molar-refractivity contribution is 5.87. The average molecular weight is 306 g/mol. The lowest BCUT2D eigenvalue weighted by Gasteiger charge is -2.25. The van der Waals surface area contributed by atoms with Crippen molar-refractivity contribution in [3.63, 3.8) is 0 Å². The summed E-state index contributed by atoms with van der Waals surface area (Å²) in [6.07, 6.45) is -0.643. The first-order chi connectivity index (χ1) is 10.1. The third kappa shape index (κ3) is 6.16. The van der Waals surface area contributed by atoms with Crippen LogP contribution in [0.15, 0.2) is 24.3 Å². The van der Waals surface area contributed by atoms with Crippen molar-refractivity contribution in [3.8, 4) is 5.75 Å². The second kappa shape index (κ2) is 7.29. The van der Waals surface area contributed by atoms with E-state index in [0.717, 1.165) is 5.56 Å². The third-order valence-corrected chi connectivity index (χ3v) is 2.95. The number of amides is 2. The first kappa shape index (κ1) is 18.0. The summed E-state index contributed by atoms with van der Waals surface area (Å²) in [5.41, 5.74) is 0.813. The molecule has 0 spiro atoms. The molecule has 0 radical (unpaired) electrons. The van der Waals surface area contributed by atoms with Crippen LogP contribution in [0.5, 0.6) is 5.75 Å². The number of carbonyl (C=O) groups is 2. The summed E-state index contributed by atoms with van der Waals surface area (Å²) < 4.78 is 5.61. The third-order valence-electron chi connectivity index (χ3n) is 2.95. The predicted molar refractivity (Wildman–Crippen MR) is 86.8 cm³/mol. The molecule has 0 aliphatic heterocycles. The number of nitrogens with one attached hydrogen (secondary N) is 1. The summed E-state index contributed by atoms with van der Waals surface area (Å²) in [6, 6.07) is 7.50. The molecule has 1 atom stereocenters. The van der Waals surface area contributed by atoms with Crippen molar-refractivity contribution in [1.82, 2.24) is 10.2 Å². The number of hydrogen-bond donors (Lipinski definition) is 1. The molecule has 5 heteroatoms. The summed E-state index contributed by atoms with van der Waals surface area (Å²) in [5.74, 6) is 0.217. The predicted octanol–water partition coefficient (Wildman–Crippen LogP) is 2.14. The molecule has 1 aromatic rings. The number of aryl methyl sites for hydroxylation is 1. The largest absolute Gasteiger partial charge is 0.481 e. The minimum absolute atomic E-state index is 0.0116. The highest BCUT2D eigenvalue weighted by Crippen LogP contribution is 2.14. The van der Waals surface area contributed by atoms with Gasteiger partial charge in [0.1, 0.15) is 5.75 Å². The van der Waals surface area contributed by atoms with Crippen molar-refractivity contribution >= 4 is 11.8 Å². The van der Waals surface area contributed by atoms with E-state index in [1.54, 1.807) is 14.0 Å². The maximum absolute atomic E-state index is 12.2. The zero-order chi connectivity index (χ0) is 16.9. The topological polar surface area (TPSA) is 58.6 Å². The Hall–Kier alpha value is -2.04. The summed E-state index contributed by atoms with van der Waals surface area (Å²) >= 11 is 0. The fraction of sp³-hybridized carbons (Fsp3) is 0.529. The van der Waals surface area contributed by atoms with E-state index in [-0.39, 0.29) is 23.9 Å². The molecule has 122 valence electrons. The molecule has 0 aliphatic carbocycles. The highest BCUT2D eigenvalue weighted by atomic mass is 16.5. The van der Waals surface area contributed by atoms with Gasteiger partial charge in [-0.1, -0.05) is 17.7 Å². The van der Waals surface area contributed by atoms with E-state index >= 15 is 0 Å². The lowest BCUT2D eigenvalue weighted by Crippen LogP contribution is -2.48. The molecule has 1 N–H and O–H groups in total. The fourth-order valence-electron chi connectivity index (χ4n) is 1.93. The van der Waals surface area contributed by atoms with E-state index in [4.69, 9.17) is 4.74 Å². The standard InChI is InChI=1S/C17H26N2O3/c1-12-7-9-14(10-8-12)22-13(2)16(21)19(6)11-15(20)18-17(3,4)5/h7-10,13H,11H2,1-6H3,(H,18,20)/t13-/m0/s1. The van der Waals surface area contributed by atoms with Crippen molar-refractivity contribution in [3.05, 3.63) is 29.8 Å². The molecule has 0 saturated carbocycles. The van der Waals surface area contributed by atoms with Crippen LogP contribution in [0.1, 0.15) is 33.3 Å². The van der Waals surface area contributed by atoms with Gasteiger partial charge in [0.15, 0.2) is 6.10 Å². The monoisotopic (exact) mass is 306 g/mol. The second-order valence-corrected chi connectivity index (χ2v) is 6.57. The van der Waals surface area contributed by atoms with Crippen molar-refractivity contribution in [1.29, 1.82) is 0 Å². The molecule has 2 amide bonds. The first-order valence-electron chi connectivity index (χ1n) is 7.38. The zero-order valence-corrected chi connectivity index (χ0v) is 14.3. The molecule has 0 heterocycles. The first-order valence-corrected chi connectivity index (χ1v) is 7.38. The molecule has 0 saturated heterocycles. The zero-order valence-electron chi connectivity index (χ0n) is 14.3. The summed E-state index contributed by atoms with van der Waals surface area (Å²) in [5, 5.41) is 2.83. The number of hydrogen-bond acceptors (Lipinski definition) is 3. The second-order valence-electron chi connectivity index (χ2n) is 6.57. The molecule has 0 unspecified atom stereocenters. The molecule has 0 aromatic heterocycles. The van der Waals surface area contributed by atoms with Crippen molar-refractivity contribution in [2.24, 2.45) is 0 Å². The molecule has 5 nitrogen and oxygen atoms in total. The minimum Gasteiger partial charge on any atom is -0.481 e. The van der Waals surface area contributed by atoms with Gasteiger partial charge in [-0.25, -0.2) is 0 Å². The lowest BCUT2D eigenvalue weighted by molar-refractivity contribution is -0.140. The van der Waals surface area contributed by atoms with Crippen molar-refractivity contribution in [2.45, 2.75) is 46.3 Å². The van der Waals surface area contributed by atoms with Crippen LogP contribution in [-0.2, 0) is 9.59 Å². The van der Waals surface area contributed by atoms with Gasteiger partial charge < -0.3 is 15.0 Å². The van der Waals surface area contributed by atoms with Crippen LogP contribution in [0.2, 0.25) is 0 Å². The Balaban J connectivity index is 2.54. The molecule has 1 rings (SSSR count). The molecular formula is C17H26N2O3. The summed E-state index contributed by atoms with van der Waals surface area (Å²) in [4.78, 5) is 25.5. The van der Waals surface area contributed by atoms with Gasteiger partial charge in [0.2, 0.25) is 5.91 Å². The van der Waals surface area contributed by atoms with Crippen LogP contribution in [0, 0.1) is 6.92 Å². The molecule has 0 bridgehead atoms. The van der Waals surface area contributed by atoms with E-state index in [2.05, 4.69) is 5.32 Å². The number of ether oxygens (including phenoxy) is 1. The van der Waals surface area contributed by atoms with Crippen molar-refractivity contribution in [2.75, 3.05) is 13.6 Å². The summed E-state index contributed by atoms with van der Waals surface area (Å²) in [6.45, 7) is 9.37. The van der Waals surface area contributed by atoms with Crippen LogP contribution in [0.25, 0.3) is 0 Å². The highest BCUT2D eigenvalue weighted by Gasteiger charge is 2.22. The Bertz CT molecular complexity index is 518. The van der Waals surface area contributed by atoms with Gasteiger partial charge in [-0.05, 0) is 46.8 Å². The van der Waals surface area contributed by atoms with Crippen molar-refractivity contribution < 1.29 is 14.3 Å². The van der Waals surface area contributed by atoms with Crippen LogP contribution in [-0.4, -0.2) is 41.9 Å². The minimum atomic E-state index is -0.643. The van der Waals surface area contributed by atoms with Gasteiger partial charge in [-0.2, -0.15) is 0 Å². The lowest BCUT2D eigenvalue weighted by atomic mass is 10.1. The van der Waals surface area contributed by atoms with E-state index in [0.29, 0.717) is 5.75 Å². The summed E-state index contributed by atoms with van der Waals surface area (Å²) in [7, 11) is 1.60. The Morgan fingerprint density at radius 2 is 1.77 bits per heavy atom. The van der Waals surface area contributed by atoms with Gasteiger partial charge >= 0.3 is 0 Å². The number of rotatable bonds is 5. The quantitative estimate of drug-likeness (QED) is 0.906. The molecule has 0 aliphatic rings. The Kier molecular flexibility index (Phi) is 5.97. The van der Waals surface area contributed by atoms with Gasteiger partial charge in [0.05, 0.1) is 6.54 Å². The van der Waals surface area contributed by atoms with E-state index in [1.165, 1.54) is 4.90 Å². The van der Waals surface area contributed by atoms with Crippen LogP contribution in [0.4, 0.5) is 0 Å². The Morgan fingerprint density at radius 1 is 1.23 bits per heavy atom. The van der Waals surface area contributed by atoms with Gasteiger partial charge in [-0.3, -0.25) is 9.59 Å². The number of likely N-dealkylation sites (N-methyl/N-ethyl adjacent to an activating group) is 1. The normalized spacial score (nSPS) is 12.5. The number of benzene rings is 1. The van der Waals surface area contributed by atoms with Crippen LogP contribution in [0.3, 0.4) is 0 Å².